The predicted octanol–water partition coefficient (Wildman–Crippen LogP) is 3.18. The maximum Gasteiger partial charge on any atom is 0.276 e. The molecular formula is C20H18N4O2. The topological polar surface area (TPSA) is 87.8 Å². The maximum atomic E-state index is 12.8. The molecule has 2 aromatic carbocycles. The maximum absolute atomic E-state index is 12.8. The van der Waals surface area contributed by atoms with Gasteiger partial charge in [0.25, 0.3) is 11.5 Å². The highest BCUT2D eigenvalue weighted by Crippen LogP contribution is 2.16. The van der Waals surface area contributed by atoms with Gasteiger partial charge in [0.05, 0.1) is 17.0 Å². The average molecular weight is 346 g/mol. The van der Waals surface area contributed by atoms with E-state index in [0.717, 1.165) is 0 Å². The Morgan fingerprint density at radius 2 is 1.81 bits per heavy atom. The third-order valence-corrected chi connectivity index (χ3v) is 3.89. The number of carbonyl (C=O) groups excluding carboxylic acids is 1. The minimum atomic E-state index is -0.400. The summed E-state index contributed by atoms with van der Waals surface area (Å²) in [4.78, 5) is 25.4. The van der Waals surface area contributed by atoms with E-state index in [-0.39, 0.29) is 17.2 Å². The minimum Gasteiger partial charge on any atom is -0.321 e. The van der Waals surface area contributed by atoms with Gasteiger partial charge in [-0.25, -0.2) is 4.68 Å². The first kappa shape index (κ1) is 17.4. The summed E-state index contributed by atoms with van der Waals surface area (Å²) in [6.45, 7) is 4.40. The van der Waals surface area contributed by atoms with E-state index >= 15 is 0 Å². The number of aromatic nitrogens is 2. The highest BCUT2D eigenvalue weighted by molar-refractivity contribution is 6.11. The van der Waals surface area contributed by atoms with Crippen LogP contribution in [-0.4, -0.2) is 15.7 Å². The molecule has 3 rings (SSSR count). The van der Waals surface area contributed by atoms with Gasteiger partial charge in [0.1, 0.15) is 0 Å². The van der Waals surface area contributed by atoms with Gasteiger partial charge in [-0.3, -0.25) is 9.59 Å². The fraction of sp³-hybridized carbons (Fsp3) is 0.200. The SMILES string of the molecule is CC(C)Cn1nc(C(=O)Nc2ccc(C#N)cc2)c2ccccc2c1=O. The Morgan fingerprint density at radius 3 is 2.42 bits per heavy atom. The minimum absolute atomic E-state index is 0.199. The van der Waals surface area contributed by atoms with Crippen molar-refractivity contribution in [1.82, 2.24) is 9.78 Å². The second-order valence-corrected chi connectivity index (χ2v) is 6.42. The summed E-state index contributed by atoms with van der Waals surface area (Å²) in [7, 11) is 0. The highest BCUT2D eigenvalue weighted by Gasteiger charge is 2.17. The van der Waals surface area contributed by atoms with Gasteiger partial charge in [0.15, 0.2) is 5.69 Å². The summed E-state index contributed by atoms with van der Waals surface area (Å²) >= 11 is 0. The van der Waals surface area contributed by atoms with Gasteiger partial charge >= 0.3 is 0 Å². The molecule has 3 aromatic rings. The molecule has 1 aromatic heterocycles. The zero-order valence-corrected chi connectivity index (χ0v) is 14.6. The van der Waals surface area contributed by atoms with Gasteiger partial charge in [-0.15, -0.1) is 0 Å². The highest BCUT2D eigenvalue weighted by atomic mass is 16.2. The lowest BCUT2D eigenvalue weighted by Crippen LogP contribution is -2.29. The molecule has 0 atom stereocenters. The normalized spacial score (nSPS) is 10.7. The molecule has 1 heterocycles. The summed E-state index contributed by atoms with van der Waals surface area (Å²) in [5.74, 6) is -0.181. The molecule has 0 saturated heterocycles. The van der Waals surface area contributed by atoms with Crippen molar-refractivity contribution in [2.75, 3.05) is 5.32 Å². The van der Waals surface area contributed by atoms with Crippen LogP contribution in [-0.2, 0) is 6.54 Å². The predicted molar refractivity (Wildman–Crippen MR) is 100.0 cm³/mol. The molecule has 0 aliphatic heterocycles. The number of nitrogens with zero attached hydrogens (tertiary/aromatic N) is 3. The largest absolute Gasteiger partial charge is 0.321 e. The summed E-state index contributed by atoms with van der Waals surface area (Å²) in [5, 5.41) is 16.9. The Balaban J connectivity index is 2.04. The first-order valence-electron chi connectivity index (χ1n) is 8.31. The van der Waals surface area contributed by atoms with E-state index in [0.29, 0.717) is 28.6 Å². The smallest absolute Gasteiger partial charge is 0.276 e. The van der Waals surface area contributed by atoms with E-state index in [4.69, 9.17) is 5.26 Å². The van der Waals surface area contributed by atoms with E-state index < -0.39 is 5.91 Å². The molecule has 0 bridgehead atoms. The molecule has 26 heavy (non-hydrogen) atoms. The second-order valence-electron chi connectivity index (χ2n) is 6.42. The number of fused-ring (bicyclic) bond motifs is 1. The number of carbonyl (C=O) groups is 1. The molecule has 0 aliphatic carbocycles. The molecule has 0 aliphatic rings. The molecule has 0 spiro atoms. The fourth-order valence-corrected chi connectivity index (χ4v) is 2.69. The molecule has 130 valence electrons. The van der Waals surface area contributed by atoms with E-state index in [2.05, 4.69) is 10.4 Å². The van der Waals surface area contributed by atoms with Gasteiger partial charge in [0, 0.05) is 17.6 Å². The number of benzene rings is 2. The number of hydrogen-bond acceptors (Lipinski definition) is 4. The average Bonchev–Trinajstić information content (AvgIpc) is 2.64. The van der Waals surface area contributed by atoms with Crippen LogP contribution in [0.3, 0.4) is 0 Å². The van der Waals surface area contributed by atoms with Crippen LogP contribution in [0.4, 0.5) is 5.69 Å². The Bertz CT molecular complexity index is 1060. The van der Waals surface area contributed by atoms with E-state index in [1.807, 2.05) is 19.9 Å². The van der Waals surface area contributed by atoms with Crippen molar-refractivity contribution in [3.05, 3.63) is 70.1 Å². The standard InChI is InChI=1S/C20H18N4O2/c1-13(2)12-24-20(26)17-6-4-3-5-16(17)18(23-24)19(25)22-15-9-7-14(11-21)8-10-15/h3-10,13H,12H2,1-2H3,(H,22,25). The third kappa shape index (κ3) is 3.47. The van der Waals surface area contributed by atoms with Crippen LogP contribution in [0.1, 0.15) is 29.9 Å². The van der Waals surface area contributed by atoms with Gasteiger partial charge in [0.2, 0.25) is 0 Å². The Morgan fingerprint density at radius 1 is 1.15 bits per heavy atom. The molecule has 0 fully saturated rings. The van der Waals surface area contributed by atoms with Gasteiger partial charge < -0.3 is 5.32 Å². The van der Waals surface area contributed by atoms with Crippen molar-refractivity contribution < 1.29 is 4.79 Å². The lowest BCUT2D eigenvalue weighted by molar-refractivity contribution is 0.102. The molecular weight excluding hydrogens is 328 g/mol. The van der Waals surface area contributed by atoms with E-state index in [9.17, 15) is 9.59 Å². The van der Waals surface area contributed by atoms with Crippen LogP contribution in [0.25, 0.3) is 10.8 Å². The van der Waals surface area contributed by atoms with Crippen molar-refractivity contribution in [3.8, 4) is 6.07 Å². The molecule has 0 saturated carbocycles. The van der Waals surface area contributed by atoms with Gasteiger partial charge in [-0.2, -0.15) is 10.4 Å². The lowest BCUT2D eigenvalue weighted by Gasteiger charge is -2.12. The molecule has 1 amide bonds. The van der Waals surface area contributed by atoms with Crippen molar-refractivity contribution in [1.29, 1.82) is 5.26 Å². The second kappa shape index (κ2) is 7.19. The summed E-state index contributed by atoms with van der Waals surface area (Å²) < 4.78 is 1.35. The van der Waals surface area contributed by atoms with E-state index in [1.54, 1.807) is 48.5 Å². The van der Waals surface area contributed by atoms with Crippen molar-refractivity contribution in [2.24, 2.45) is 5.92 Å². The van der Waals surface area contributed by atoms with Gasteiger partial charge in [-0.1, -0.05) is 32.0 Å². The van der Waals surface area contributed by atoms with Crippen molar-refractivity contribution >= 4 is 22.4 Å². The summed E-state index contributed by atoms with van der Waals surface area (Å²) in [6.07, 6.45) is 0. The van der Waals surface area contributed by atoms with Gasteiger partial charge in [-0.05, 0) is 36.2 Å². The lowest BCUT2D eigenvalue weighted by atomic mass is 10.1. The van der Waals surface area contributed by atoms with Crippen LogP contribution in [0.2, 0.25) is 0 Å². The number of nitrogens with one attached hydrogen (secondary N) is 1. The number of amides is 1. The number of nitriles is 1. The van der Waals surface area contributed by atoms with Crippen LogP contribution in [0.15, 0.2) is 53.3 Å². The monoisotopic (exact) mass is 346 g/mol. The Hall–Kier alpha value is -3.46. The number of anilines is 1. The fourth-order valence-electron chi connectivity index (χ4n) is 2.69. The molecule has 6 heteroatoms. The zero-order valence-electron chi connectivity index (χ0n) is 14.6. The van der Waals surface area contributed by atoms with Crippen LogP contribution < -0.4 is 10.9 Å². The molecule has 0 radical (unpaired) electrons. The van der Waals surface area contributed by atoms with E-state index in [1.165, 1.54) is 4.68 Å². The quantitative estimate of drug-likeness (QED) is 0.786. The number of rotatable bonds is 4. The molecule has 0 unspecified atom stereocenters. The van der Waals surface area contributed by atoms with Crippen LogP contribution in [0, 0.1) is 17.2 Å². The third-order valence-electron chi connectivity index (χ3n) is 3.89. The molecule has 6 nitrogen and oxygen atoms in total. The van der Waals surface area contributed by atoms with Crippen LogP contribution >= 0.6 is 0 Å². The zero-order chi connectivity index (χ0) is 18.7. The first-order valence-corrected chi connectivity index (χ1v) is 8.31. The Labute approximate surface area is 150 Å². The number of hydrogen-bond donors (Lipinski definition) is 1. The van der Waals surface area contributed by atoms with Crippen LogP contribution in [0.5, 0.6) is 0 Å². The Kier molecular flexibility index (Phi) is 4.81. The summed E-state index contributed by atoms with van der Waals surface area (Å²) in [5.41, 5.74) is 1.06. The summed E-state index contributed by atoms with van der Waals surface area (Å²) in [6, 6.07) is 15.6. The first-order chi connectivity index (χ1) is 12.5. The van der Waals surface area contributed by atoms with Crippen molar-refractivity contribution in [2.45, 2.75) is 20.4 Å². The van der Waals surface area contributed by atoms with Crippen molar-refractivity contribution in [3.63, 3.8) is 0 Å². The molecule has 1 N–H and O–H groups in total.